The maximum absolute atomic E-state index is 10.4. The molecule has 0 unspecified atom stereocenters. The lowest BCUT2D eigenvalue weighted by Crippen LogP contribution is -2.12. The predicted molar refractivity (Wildman–Crippen MR) is 40.7 cm³/mol. The molecular formula is C6H4N4O3. The maximum atomic E-state index is 10.4. The monoisotopic (exact) mass is 180 g/mol. The Hall–Kier alpha value is -2.05. The van der Waals surface area contributed by atoms with Crippen LogP contribution in [0.2, 0.25) is 0 Å². The second-order valence-electron chi connectivity index (χ2n) is 2.55. The first-order chi connectivity index (χ1) is 6.18. The highest BCUT2D eigenvalue weighted by molar-refractivity contribution is 6.02. The molecule has 1 N–H and O–H groups in total. The summed E-state index contributed by atoms with van der Waals surface area (Å²) in [5, 5.41) is 24.7. The Morgan fingerprint density at radius 1 is 1.62 bits per heavy atom. The Morgan fingerprint density at radius 2 is 2.38 bits per heavy atom. The third-order valence-corrected chi connectivity index (χ3v) is 1.70. The van der Waals surface area contributed by atoms with Gasteiger partial charge in [-0.05, 0) is 10.3 Å². The summed E-state index contributed by atoms with van der Waals surface area (Å²) in [6.07, 6.45) is 1.23. The van der Waals surface area contributed by atoms with Gasteiger partial charge in [0.05, 0.1) is 17.1 Å². The van der Waals surface area contributed by atoms with Gasteiger partial charge in [0.2, 0.25) is 0 Å². The van der Waals surface area contributed by atoms with Crippen molar-refractivity contribution in [1.82, 2.24) is 10.3 Å². The van der Waals surface area contributed by atoms with Crippen LogP contribution in [0.5, 0.6) is 0 Å². The van der Waals surface area contributed by atoms with Crippen molar-refractivity contribution < 1.29 is 9.55 Å². The second-order valence-corrected chi connectivity index (χ2v) is 2.55. The van der Waals surface area contributed by atoms with Crippen LogP contribution in [0.1, 0.15) is 17.8 Å². The summed E-state index contributed by atoms with van der Waals surface area (Å²) in [5.74, 6) is 0. The molecule has 0 atom stereocenters. The minimum absolute atomic E-state index is 0.0335. The molecule has 0 amide bonds. The Labute approximate surface area is 71.7 Å². The van der Waals surface area contributed by atoms with Gasteiger partial charge in [-0.3, -0.25) is 10.1 Å². The minimum atomic E-state index is -0.536. The SMILES string of the molecule is N=C1CC([N+](=O)[O-])=Cc2nonc21. The lowest BCUT2D eigenvalue weighted by atomic mass is 10.0. The molecule has 0 bridgehead atoms. The Morgan fingerprint density at radius 3 is 3.08 bits per heavy atom. The number of hydrogen-bond donors (Lipinski definition) is 1. The number of allylic oxidation sites excluding steroid dienone is 1. The molecule has 0 radical (unpaired) electrons. The molecule has 0 spiro atoms. The molecule has 2 rings (SSSR count). The van der Waals surface area contributed by atoms with E-state index in [2.05, 4.69) is 14.9 Å². The third-order valence-electron chi connectivity index (χ3n) is 1.70. The van der Waals surface area contributed by atoms with Crippen LogP contribution in [0.15, 0.2) is 10.3 Å². The summed E-state index contributed by atoms with van der Waals surface area (Å²) < 4.78 is 4.36. The zero-order chi connectivity index (χ0) is 9.42. The highest BCUT2D eigenvalue weighted by Crippen LogP contribution is 2.20. The Kier molecular flexibility index (Phi) is 1.44. The number of nitro groups is 1. The molecule has 13 heavy (non-hydrogen) atoms. The van der Waals surface area contributed by atoms with Gasteiger partial charge in [0.1, 0.15) is 5.69 Å². The molecule has 7 heteroatoms. The zero-order valence-electron chi connectivity index (χ0n) is 6.35. The molecule has 0 saturated carbocycles. The molecule has 0 fully saturated rings. The van der Waals surface area contributed by atoms with E-state index in [1.807, 2.05) is 0 Å². The maximum Gasteiger partial charge on any atom is 0.254 e. The van der Waals surface area contributed by atoms with Crippen molar-refractivity contribution in [2.45, 2.75) is 6.42 Å². The van der Waals surface area contributed by atoms with E-state index in [9.17, 15) is 10.1 Å². The van der Waals surface area contributed by atoms with Crippen LogP contribution in [-0.4, -0.2) is 20.9 Å². The summed E-state index contributed by atoms with van der Waals surface area (Å²) in [6.45, 7) is 0. The topological polar surface area (TPSA) is 106 Å². The van der Waals surface area contributed by atoms with Crippen molar-refractivity contribution in [1.29, 1.82) is 5.41 Å². The number of nitrogens with one attached hydrogen (secondary N) is 1. The van der Waals surface area contributed by atoms with Gasteiger partial charge in [-0.2, -0.15) is 0 Å². The molecule has 0 aromatic carbocycles. The summed E-state index contributed by atoms with van der Waals surface area (Å²) in [4.78, 5) is 9.86. The van der Waals surface area contributed by atoms with Crippen LogP contribution in [0.25, 0.3) is 6.08 Å². The fourth-order valence-electron chi connectivity index (χ4n) is 1.09. The zero-order valence-corrected chi connectivity index (χ0v) is 6.35. The third kappa shape index (κ3) is 1.10. The van der Waals surface area contributed by atoms with Crippen LogP contribution in [0, 0.1) is 15.5 Å². The Bertz CT molecular complexity index is 419. The largest absolute Gasteiger partial charge is 0.302 e. The van der Waals surface area contributed by atoms with Crippen molar-refractivity contribution in [3.05, 3.63) is 27.2 Å². The van der Waals surface area contributed by atoms with E-state index in [0.717, 1.165) is 0 Å². The molecule has 66 valence electrons. The highest BCUT2D eigenvalue weighted by atomic mass is 16.6. The fraction of sp³-hybridized carbons (Fsp3) is 0.167. The number of hydrogen-bond acceptors (Lipinski definition) is 6. The summed E-state index contributed by atoms with van der Waals surface area (Å²) >= 11 is 0. The van der Waals surface area contributed by atoms with Gasteiger partial charge in [-0.1, -0.05) is 0 Å². The summed E-state index contributed by atoms with van der Waals surface area (Å²) in [5.41, 5.74) is 0.534. The van der Waals surface area contributed by atoms with Crippen molar-refractivity contribution in [3.8, 4) is 0 Å². The van der Waals surface area contributed by atoms with Crippen LogP contribution >= 0.6 is 0 Å². The number of nitrogens with zero attached hydrogens (tertiary/aromatic N) is 3. The van der Waals surface area contributed by atoms with E-state index in [-0.39, 0.29) is 29.2 Å². The van der Waals surface area contributed by atoms with E-state index in [4.69, 9.17) is 5.41 Å². The van der Waals surface area contributed by atoms with E-state index >= 15 is 0 Å². The highest BCUT2D eigenvalue weighted by Gasteiger charge is 2.26. The van der Waals surface area contributed by atoms with E-state index in [1.165, 1.54) is 6.08 Å². The van der Waals surface area contributed by atoms with Crippen LogP contribution in [0.4, 0.5) is 0 Å². The molecule has 1 heterocycles. The normalized spacial score (nSPS) is 15.1. The summed E-state index contributed by atoms with van der Waals surface area (Å²) in [6, 6.07) is 0. The lowest BCUT2D eigenvalue weighted by molar-refractivity contribution is -0.424. The van der Waals surface area contributed by atoms with Crippen molar-refractivity contribution in [3.63, 3.8) is 0 Å². The van der Waals surface area contributed by atoms with Gasteiger partial charge in [0.25, 0.3) is 5.70 Å². The quantitative estimate of drug-likeness (QED) is 0.499. The van der Waals surface area contributed by atoms with Crippen molar-refractivity contribution in [2.24, 2.45) is 0 Å². The smallest absolute Gasteiger partial charge is 0.254 e. The lowest BCUT2D eigenvalue weighted by Gasteiger charge is -2.03. The standard InChI is InChI=1S/C6H4N4O3/c7-4-1-3(10(11)12)2-5-6(4)9-13-8-5/h2,7H,1H2. The number of rotatable bonds is 1. The number of fused-ring (bicyclic) bond motifs is 1. The van der Waals surface area contributed by atoms with Gasteiger partial charge in [-0.15, -0.1) is 0 Å². The Balaban J connectivity index is 2.52. The average molecular weight is 180 g/mol. The molecular weight excluding hydrogens is 176 g/mol. The first-order valence-corrected chi connectivity index (χ1v) is 3.44. The molecule has 0 aliphatic heterocycles. The van der Waals surface area contributed by atoms with E-state index < -0.39 is 4.92 Å². The average Bonchev–Trinajstić information content (AvgIpc) is 2.51. The molecule has 1 aliphatic carbocycles. The van der Waals surface area contributed by atoms with Gasteiger partial charge >= 0.3 is 0 Å². The number of aromatic nitrogens is 2. The first kappa shape index (κ1) is 7.59. The minimum Gasteiger partial charge on any atom is -0.302 e. The van der Waals surface area contributed by atoms with Gasteiger partial charge in [-0.25, -0.2) is 4.63 Å². The predicted octanol–water partition coefficient (Wildman–Crippen LogP) is 0.459. The van der Waals surface area contributed by atoms with Crippen LogP contribution in [0.3, 0.4) is 0 Å². The van der Waals surface area contributed by atoms with Gasteiger partial charge in [0, 0.05) is 6.08 Å². The molecule has 1 aromatic rings. The van der Waals surface area contributed by atoms with E-state index in [0.29, 0.717) is 0 Å². The molecule has 1 aliphatic rings. The second kappa shape index (κ2) is 2.47. The fourth-order valence-corrected chi connectivity index (χ4v) is 1.09. The van der Waals surface area contributed by atoms with Crippen molar-refractivity contribution in [2.75, 3.05) is 0 Å². The van der Waals surface area contributed by atoms with Crippen molar-refractivity contribution >= 4 is 11.8 Å². The first-order valence-electron chi connectivity index (χ1n) is 3.44. The molecule has 0 saturated heterocycles. The van der Waals surface area contributed by atoms with E-state index in [1.54, 1.807) is 0 Å². The van der Waals surface area contributed by atoms with Crippen LogP contribution < -0.4 is 0 Å². The summed E-state index contributed by atoms with van der Waals surface area (Å²) in [7, 11) is 0. The van der Waals surface area contributed by atoms with Crippen LogP contribution in [-0.2, 0) is 0 Å². The molecule has 1 aromatic heterocycles. The molecule has 7 nitrogen and oxygen atoms in total. The van der Waals surface area contributed by atoms with Gasteiger partial charge in [0.15, 0.2) is 5.69 Å². The van der Waals surface area contributed by atoms with Gasteiger partial charge < -0.3 is 5.41 Å².